The Balaban J connectivity index is 2.13. The molecule has 0 fully saturated rings. The number of rotatable bonds is 10. The van der Waals surface area contributed by atoms with E-state index in [1.54, 1.807) is 28.8 Å². The zero-order chi connectivity index (χ0) is 22.1. The molecule has 0 radical (unpaired) electrons. The first-order valence-electron chi connectivity index (χ1n) is 10.00. The minimum atomic E-state index is -0.535. The Hall–Kier alpha value is -1.69. The molecule has 0 heterocycles. The molecule has 0 saturated heterocycles. The number of nitrogens with one attached hydrogen (secondary N) is 1. The summed E-state index contributed by atoms with van der Waals surface area (Å²) in [7, 11) is 0. The maximum absolute atomic E-state index is 13.1. The molecule has 2 rings (SSSR count). The molecule has 2 amide bonds. The predicted octanol–water partition coefficient (Wildman–Crippen LogP) is 5.48. The van der Waals surface area contributed by atoms with Crippen molar-refractivity contribution in [2.24, 2.45) is 0 Å². The second-order valence-corrected chi connectivity index (χ2v) is 8.87. The van der Waals surface area contributed by atoms with Gasteiger partial charge in [0.25, 0.3) is 0 Å². The Bertz CT molecular complexity index is 859. The van der Waals surface area contributed by atoms with Crippen molar-refractivity contribution in [2.45, 2.75) is 45.5 Å². The standard InChI is InChI=1S/C23H28Cl2N2O2S/c1-4-21(23(29)26-5-2)27(13-18-10-11-19(24)20(25)12-18)22(28)15-30-14-17-8-6-16(3)7-9-17/h6-12,21H,4-5,13-15H2,1-3H3,(H,26,29)/t21-/m1/s1. The number of hydrogen-bond acceptors (Lipinski definition) is 3. The van der Waals surface area contributed by atoms with Crippen molar-refractivity contribution < 1.29 is 9.59 Å². The highest BCUT2D eigenvalue weighted by Crippen LogP contribution is 2.24. The number of halogens is 2. The topological polar surface area (TPSA) is 49.4 Å². The molecular weight excluding hydrogens is 439 g/mol. The summed E-state index contributed by atoms with van der Waals surface area (Å²) in [6.45, 7) is 6.65. The Morgan fingerprint density at radius 1 is 1.03 bits per heavy atom. The van der Waals surface area contributed by atoms with E-state index in [-0.39, 0.29) is 11.8 Å². The van der Waals surface area contributed by atoms with Gasteiger partial charge in [-0.2, -0.15) is 0 Å². The van der Waals surface area contributed by atoms with Crippen LogP contribution in [-0.4, -0.2) is 35.1 Å². The smallest absolute Gasteiger partial charge is 0.242 e. The van der Waals surface area contributed by atoms with Crippen LogP contribution < -0.4 is 5.32 Å². The highest BCUT2D eigenvalue weighted by molar-refractivity contribution is 7.99. The molecule has 0 spiro atoms. The van der Waals surface area contributed by atoms with Gasteiger partial charge in [-0.25, -0.2) is 0 Å². The highest BCUT2D eigenvalue weighted by atomic mass is 35.5. The van der Waals surface area contributed by atoms with Gasteiger partial charge in [-0.1, -0.05) is 66.0 Å². The largest absolute Gasteiger partial charge is 0.355 e. The van der Waals surface area contributed by atoms with Crippen molar-refractivity contribution in [1.82, 2.24) is 10.2 Å². The Labute approximate surface area is 193 Å². The molecule has 0 aromatic heterocycles. The summed E-state index contributed by atoms with van der Waals surface area (Å²) >= 11 is 13.7. The lowest BCUT2D eigenvalue weighted by molar-refractivity contribution is -0.139. The van der Waals surface area contributed by atoms with Crippen molar-refractivity contribution in [2.75, 3.05) is 12.3 Å². The molecule has 1 atom stereocenters. The number of carbonyl (C=O) groups excluding carboxylic acids is 2. The number of benzene rings is 2. The molecule has 30 heavy (non-hydrogen) atoms. The van der Waals surface area contributed by atoms with Crippen molar-refractivity contribution in [1.29, 1.82) is 0 Å². The summed E-state index contributed by atoms with van der Waals surface area (Å²) in [5, 5.41) is 3.73. The number of hydrogen-bond donors (Lipinski definition) is 1. The minimum absolute atomic E-state index is 0.0729. The van der Waals surface area contributed by atoms with Gasteiger partial charge in [0.05, 0.1) is 15.8 Å². The summed E-state index contributed by atoms with van der Waals surface area (Å²) in [4.78, 5) is 27.4. The zero-order valence-corrected chi connectivity index (χ0v) is 19.9. The van der Waals surface area contributed by atoms with Gasteiger partial charge in [0.2, 0.25) is 11.8 Å². The maximum Gasteiger partial charge on any atom is 0.242 e. The average Bonchev–Trinajstić information content (AvgIpc) is 2.72. The molecule has 0 bridgehead atoms. The fourth-order valence-corrected chi connectivity index (χ4v) is 4.26. The maximum atomic E-state index is 13.1. The van der Waals surface area contributed by atoms with Gasteiger partial charge in [0.15, 0.2) is 0 Å². The number of thioether (sulfide) groups is 1. The molecule has 4 nitrogen and oxygen atoms in total. The van der Waals surface area contributed by atoms with E-state index in [2.05, 4.69) is 29.6 Å². The van der Waals surface area contributed by atoms with Gasteiger partial charge in [-0.3, -0.25) is 9.59 Å². The highest BCUT2D eigenvalue weighted by Gasteiger charge is 2.28. The van der Waals surface area contributed by atoms with E-state index in [9.17, 15) is 9.59 Å². The summed E-state index contributed by atoms with van der Waals surface area (Å²) in [6, 6.07) is 13.0. The summed E-state index contributed by atoms with van der Waals surface area (Å²) in [6.07, 6.45) is 0.529. The fourth-order valence-electron chi connectivity index (χ4n) is 3.07. The van der Waals surface area contributed by atoms with Gasteiger partial charge in [0, 0.05) is 18.8 Å². The SMILES string of the molecule is CCNC(=O)[C@@H](CC)N(Cc1ccc(Cl)c(Cl)c1)C(=O)CSCc1ccc(C)cc1. The summed E-state index contributed by atoms with van der Waals surface area (Å²) in [5.74, 6) is 0.823. The van der Waals surface area contributed by atoms with E-state index < -0.39 is 6.04 Å². The molecule has 1 N–H and O–H groups in total. The first-order chi connectivity index (χ1) is 14.3. The lowest BCUT2D eigenvalue weighted by Gasteiger charge is -2.30. The van der Waals surface area contributed by atoms with E-state index in [4.69, 9.17) is 23.2 Å². The minimum Gasteiger partial charge on any atom is -0.355 e. The Morgan fingerprint density at radius 3 is 2.30 bits per heavy atom. The number of amides is 2. The molecule has 2 aromatic rings. The van der Waals surface area contributed by atoms with E-state index in [1.165, 1.54) is 11.1 Å². The van der Waals surface area contributed by atoms with Crippen LogP contribution in [-0.2, 0) is 21.9 Å². The number of aryl methyl sites for hydroxylation is 1. The summed E-state index contributed by atoms with van der Waals surface area (Å²) < 4.78 is 0. The van der Waals surface area contributed by atoms with E-state index in [0.29, 0.717) is 35.3 Å². The first kappa shape index (κ1) is 24.6. The normalized spacial score (nSPS) is 11.8. The Morgan fingerprint density at radius 2 is 1.70 bits per heavy atom. The van der Waals surface area contributed by atoms with E-state index >= 15 is 0 Å². The molecule has 0 saturated carbocycles. The molecule has 162 valence electrons. The van der Waals surface area contributed by atoms with Crippen LogP contribution in [0.25, 0.3) is 0 Å². The van der Waals surface area contributed by atoms with Crippen LogP contribution >= 0.6 is 35.0 Å². The average molecular weight is 467 g/mol. The molecule has 0 aliphatic rings. The third-order valence-electron chi connectivity index (χ3n) is 4.69. The molecule has 2 aromatic carbocycles. The van der Waals surface area contributed by atoms with Crippen molar-refractivity contribution >= 4 is 46.8 Å². The van der Waals surface area contributed by atoms with Gasteiger partial charge in [-0.15, -0.1) is 11.8 Å². The van der Waals surface area contributed by atoms with Gasteiger partial charge in [0.1, 0.15) is 6.04 Å². The van der Waals surface area contributed by atoms with Gasteiger partial charge >= 0.3 is 0 Å². The molecule has 0 unspecified atom stereocenters. The number of likely N-dealkylation sites (N-methyl/N-ethyl adjacent to an activating group) is 1. The van der Waals surface area contributed by atoms with Crippen LogP contribution in [0.4, 0.5) is 0 Å². The molecule has 0 aliphatic heterocycles. The van der Waals surface area contributed by atoms with Crippen molar-refractivity contribution in [3.8, 4) is 0 Å². The lowest BCUT2D eigenvalue weighted by Crippen LogP contribution is -2.49. The second kappa shape index (κ2) is 12.2. The predicted molar refractivity (Wildman–Crippen MR) is 127 cm³/mol. The Kier molecular flexibility index (Phi) is 10.0. The second-order valence-electron chi connectivity index (χ2n) is 7.07. The lowest BCUT2D eigenvalue weighted by atomic mass is 10.1. The van der Waals surface area contributed by atoms with Crippen LogP contribution in [0, 0.1) is 6.92 Å². The van der Waals surface area contributed by atoms with Crippen LogP contribution in [0.2, 0.25) is 10.0 Å². The van der Waals surface area contributed by atoms with Crippen LogP contribution in [0.3, 0.4) is 0 Å². The third-order valence-corrected chi connectivity index (χ3v) is 6.42. The van der Waals surface area contributed by atoms with Crippen molar-refractivity contribution in [3.05, 3.63) is 69.2 Å². The van der Waals surface area contributed by atoms with Crippen LogP contribution in [0.5, 0.6) is 0 Å². The van der Waals surface area contributed by atoms with Crippen molar-refractivity contribution in [3.63, 3.8) is 0 Å². The number of nitrogens with zero attached hydrogens (tertiary/aromatic N) is 1. The van der Waals surface area contributed by atoms with Gasteiger partial charge < -0.3 is 10.2 Å². The van der Waals surface area contributed by atoms with Crippen LogP contribution in [0.15, 0.2) is 42.5 Å². The summed E-state index contributed by atoms with van der Waals surface area (Å²) in [5.41, 5.74) is 3.22. The fraction of sp³-hybridized carbons (Fsp3) is 0.391. The molecule has 0 aliphatic carbocycles. The third kappa shape index (κ3) is 7.22. The first-order valence-corrected chi connectivity index (χ1v) is 11.9. The number of carbonyl (C=O) groups is 2. The van der Waals surface area contributed by atoms with Crippen LogP contribution in [0.1, 0.15) is 37.0 Å². The zero-order valence-electron chi connectivity index (χ0n) is 17.6. The quantitative estimate of drug-likeness (QED) is 0.504. The van der Waals surface area contributed by atoms with E-state index in [0.717, 1.165) is 11.3 Å². The molecular formula is C23H28Cl2N2O2S. The van der Waals surface area contributed by atoms with E-state index in [1.807, 2.05) is 26.8 Å². The van der Waals surface area contributed by atoms with Gasteiger partial charge in [-0.05, 0) is 43.5 Å². The monoisotopic (exact) mass is 466 g/mol. The molecule has 7 heteroatoms.